The van der Waals surface area contributed by atoms with E-state index in [-0.39, 0.29) is 0 Å². The van der Waals surface area contributed by atoms with Gasteiger partial charge in [-0.25, -0.2) is 0 Å². The van der Waals surface area contributed by atoms with E-state index in [1.807, 2.05) is 12.3 Å². The molecular weight excluding hydrogens is 350 g/mol. The van der Waals surface area contributed by atoms with Gasteiger partial charge in [-0.1, -0.05) is 15.9 Å². The summed E-state index contributed by atoms with van der Waals surface area (Å²) in [5, 5.41) is 1.18. The minimum atomic E-state index is 1.07. The Balaban J connectivity index is 2.92. The third-order valence-electron chi connectivity index (χ3n) is 1.66. The zero-order valence-electron chi connectivity index (χ0n) is 5.87. The fourth-order valence-electron chi connectivity index (χ4n) is 1.12. The number of nitrogens with one attached hydrogen (secondary N) is 1. The topological polar surface area (TPSA) is 15.8 Å². The van der Waals surface area contributed by atoms with E-state index in [0.29, 0.717) is 0 Å². The van der Waals surface area contributed by atoms with Crippen molar-refractivity contribution in [3.05, 3.63) is 31.7 Å². The number of aromatic amines is 1. The molecule has 62 valence electrons. The summed E-state index contributed by atoms with van der Waals surface area (Å²) in [6.07, 6.45) is 1.93. The van der Waals surface area contributed by atoms with Gasteiger partial charge in [0.1, 0.15) is 0 Å². The zero-order valence-corrected chi connectivity index (χ0v) is 10.6. The molecule has 1 aromatic heterocycles. The molecule has 1 nitrogen and oxygen atoms in total. The number of H-pyrrole nitrogens is 1. The van der Waals surface area contributed by atoms with Crippen LogP contribution >= 0.6 is 47.8 Å². The van der Waals surface area contributed by atoms with E-state index >= 15 is 0 Å². The second kappa shape index (κ2) is 3.16. The van der Waals surface area contributed by atoms with Gasteiger partial charge in [-0.15, -0.1) is 0 Å². The largest absolute Gasteiger partial charge is 0.359 e. The Hall–Kier alpha value is 0.200. The predicted octanol–water partition coefficient (Wildman–Crippen LogP) is 4.46. The predicted molar refractivity (Wildman–Crippen MR) is 61.4 cm³/mol. The first-order valence-corrected chi connectivity index (χ1v) is 5.68. The van der Waals surface area contributed by atoms with Crippen LogP contribution in [0.1, 0.15) is 0 Å². The molecule has 0 atom stereocenters. The van der Waals surface area contributed by atoms with E-state index in [1.165, 1.54) is 5.39 Å². The molecule has 0 fully saturated rings. The Labute approximate surface area is 94.9 Å². The van der Waals surface area contributed by atoms with Gasteiger partial charge in [-0.3, -0.25) is 0 Å². The summed E-state index contributed by atoms with van der Waals surface area (Å²) in [6.45, 7) is 0. The lowest BCUT2D eigenvalue weighted by molar-refractivity contribution is 1.45. The van der Waals surface area contributed by atoms with Crippen molar-refractivity contribution in [2.45, 2.75) is 0 Å². The van der Waals surface area contributed by atoms with Gasteiger partial charge in [-0.2, -0.15) is 0 Å². The normalized spacial score (nSPS) is 10.9. The van der Waals surface area contributed by atoms with E-state index < -0.39 is 0 Å². The Bertz CT molecular complexity index is 433. The fraction of sp³-hybridized carbons (Fsp3) is 0. The molecule has 0 spiro atoms. The van der Waals surface area contributed by atoms with Crippen molar-refractivity contribution in [1.29, 1.82) is 0 Å². The summed E-state index contributed by atoms with van der Waals surface area (Å²) < 4.78 is 3.22. The summed E-state index contributed by atoms with van der Waals surface area (Å²) in [7, 11) is 0. The minimum Gasteiger partial charge on any atom is -0.359 e. The first-order valence-electron chi connectivity index (χ1n) is 3.30. The maximum absolute atomic E-state index is 3.48. The summed E-state index contributed by atoms with van der Waals surface area (Å²) in [6, 6.07) is 4.09. The van der Waals surface area contributed by atoms with Gasteiger partial charge in [0.15, 0.2) is 0 Å². The van der Waals surface area contributed by atoms with Crippen LogP contribution in [0, 0.1) is 0 Å². The second-order valence-corrected chi connectivity index (χ2v) is 5.07. The fourth-order valence-corrected chi connectivity index (χ4v) is 2.89. The number of fused-ring (bicyclic) bond motifs is 1. The van der Waals surface area contributed by atoms with Crippen LogP contribution in [0.4, 0.5) is 0 Å². The molecule has 1 heterocycles. The van der Waals surface area contributed by atoms with Gasteiger partial charge in [-0.05, 0) is 44.0 Å². The van der Waals surface area contributed by atoms with Gasteiger partial charge >= 0.3 is 0 Å². The third-order valence-corrected chi connectivity index (χ3v) is 3.39. The van der Waals surface area contributed by atoms with E-state index in [4.69, 9.17) is 0 Å². The standard InChI is InChI=1S/C8H4Br3N/c9-4-1-5-7(11)3-12-8(5)6(10)2-4/h1-3,12H. The molecule has 0 aliphatic carbocycles. The summed E-state index contributed by atoms with van der Waals surface area (Å²) >= 11 is 10.4. The number of hydrogen-bond donors (Lipinski definition) is 1. The summed E-state index contributed by atoms with van der Waals surface area (Å²) in [5.41, 5.74) is 1.12. The maximum atomic E-state index is 3.48. The van der Waals surface area contributed by atoms with Crippen LogP contribution in [-0.4, -0.2) is 4.98 Å². The second-order valence-electron chi connectivity index (χ2n) is 2.45. The van der Waals surface area contributed by atoms with Gasteiger partial charge in [0.05, 0.1) is 5.52 Å². The molecule has 0 aliphatic heterocycles. The van der Waals surface area contributed by atoms with Crippen LogP contribution in [0.15, 0.2) is 31.7 Å². The average Bonchev–Trinajstić information content (AvgIpc) is 2.33. The van der Waals surface area contributed by atoms with E-state index in [0.717, 1.165) is 18.9 Å². The van der Waals surface area contributed by atoms with E-state index in [2.05, 4.69) is 58.8 Å². The SMILES string of the molecule is Brc1cc(Br)c2[nH]cc(Br)c2c1. The summed E-state index contributed by atoms with van der Waals surface area (Å²) in [4.78, 5) is 3.17. The van der Waals surface area contributed by atoms with Crippen molar-refractivity contribution >= 4 is 58.7 Å². The molecule has 4 heteroatoms. The van der Waals surface area contributed by atoms with E-state index in [9.17, 15) is 0 Å². The molecule has 0 amide bonds. The van der Waals surface area contributed by atoms with Crippen molar-refractivity contribution in [2.75, 3.05) is 0 Å². The molecule has 0 bridgehead atoms. The highest BCUT2D eigenvalue weighted by Crippen LogP contribution is 2.32. The number of rotatable bonds is 0. The lowest BCUT2D eigenvalue weighted by Gasteiger charge is -1.96. The molecule has 12 heavy (non-hydrogen) atoms. The Kier molecular flexibility index (Phi) is 2.31. The van der Waals surface area contributed by atoms with Crippen LogP contribution in [0.2, 0.25) is 0 Å². The highest BCUT2D eigenvalue weighted by molar-refractivity contribution is 9.11. The Morgan fingerprint density at radius 3 is 2.50 bits per heavy atom. The monoisotopic (exact) mass is 351 g/mol. The van der Waals surface area contributed by atoms with Gasteiger partial charge < -0.3 is 4.98 Å². The number of benzene rings is 1. The molecule has 0 unspecified atom stereocenters. The molecule has 0 radical (unpaired) electrons. The molecule has 0 saturated heterocycles. The van der Waals surface area contributed by atoms with Crippen LogP contribution in [-0.2, 0) is 0 Å². The quantitative estimate of drug-likeness (QED) is 0.720. The highest BCUT2D eigenvalue weighted by atomic mass is 79.9. The summed E-state index contributed by atoms with van der Waals surface area (Å²) in [5.74, 6) is 0. The average molecular weight is 354 g/mol. The molecule has 1 aromatic carbocycles. The molecular formula is C8H4Br3N. The zero-order chi connectivity index (χ0) is 8.72. The smallest absolute Gasteiger partial charge is 0.0610 e. The lowest BCUT2D eigenvalue weighted by atomic mass is 10.2. The molecule has 2 aromatic rings. The van der Waals surface area contributed by atoms with Crippen LogP contribution < -0.4 is 0 Å². The highest BCUT2D eigenvalue weighted by Gasteiger charge is 2.04. The van der Waals surface area contributed by atoms with Crippen molar-refractivity contribution in [3.8, 4) is 0 Å². The number of hydrogen-bond acceptors (Lipinski definition) is 0. The molecule has 0 saturated carbocycles. The molecule has 2 rings (SSSR count). The molecule has 0 aliphatic rings. The van der Waals surface area contributed by atoms with Gasteiger partial charge in [0.25, 0.3) is 0 Å². The van der Waals surface area contributed by atoms with Crippen molar-refractivity contribution in [1.82, 2.24) is 4.98 Å². The van der Waals surface area contributed by atoms with Gasteiger partial charge in [0, 0.05) is 25.0 Å². The van der Waals surface area contributed by atoms with Crippen molar-refractivity contribution in [2.24, 2.45) is 0 Å². The van der Waals surface area contributed by atoms with Crippen molar-refractivity contribution in [3.63, 3.8) is 0 Å². The maximum Gasteiger partial charge on any atom is 0.0610 e. The Morgan fingerprint density at radius 2 is 1.75 bits per heavy atom. The lowest BCUT2D eigenvalue weighted by Crippen LogP contribution is -1.71. The van der Waals surface area contributed by atoms with Crippen molar-refractivity contribution < 1.29 is 0 Å². The Morgan fingerprint density at radius 1 is 1.00 bits per heavy atom. The van der Waals surface area contributed by atoms with Gasteiger partial charge in [0.2, 0.25) is 0 Å². The molecule has 1 N–H and O–H groups in total. The minimum absolute atomic E-state index is 1.07. The first kappa shape index (κ1) is 8.78. The number of aromatic nitrogens is 1. The van der Waals surface area contributed by atoms with Crippen LogP contribution in [0.25, 0.3) is 10.9 Å². The number of halogens is 3. The first-order chi connectivity index (χ1) is 5.68. The third kappa shape index (κ3) is 1.36. The van der Waals surface area contributed by atoms with Crippen LogP contribution in [0.5, 0.6) is 0 Å². The van der Waals surface area contributed by atoms with E-state index in [1.54, 1.807) is 0 Å². The van der Waals surface area contributed by atoms with Crippen LogP contribution in [0.3, 0.4) is 0 Å².